The third-order valence-electron chi connectivity index (χ3n) is 3.65. The molecular formula is C18H22N2O4. The predicted octanol–water partition coefficient (Wildman–Crippen LogP) is 1.43. The molecule has 0 aliphatic carbocycles. The summed E-state index contributed by atoms with van der Waals surface area (Å²) in [6.07, 6.45) is 3.03. The van der Waals surface area contributed by atoms with E-state index in [4.69, 9.17) is 9.47 Å². The van der Waals surface area contributed by atoms with Crippen molar-refractivity contribution in [1.29, 1.82) is 0 Å². The molecule has 0 spiro atoms. The van der Waals surface area contributed by atoms with Gasteiger partial charge in [-0.25, -0.2) is 4.79 Å². The minimum Gasteiger partial charge on any atom is -0.497 e. The number of ether oxygens (including phenoxy) is 2. The zero-order chi connectivity index (χ0) is 17.6. The van der Waals surface area contributed by atoms with Crippen molar-refractivity contribution in [3.63, 3.8) is 0 Å². The number of carbonyl (C=O) groups excluding carboxylic acids is 1. The lowest BCUT2D eigenvalue weighted by molar-refractivity contribution is -0.162. The molecule has 0 bridgehead atoms. The van der Waals surface area contributed by atoms with Crippen molar-refractivity contribution in [3.05, 3.63) is 59.9 Å². The van der Waals surface area contributed by atoms with Crippen LogP contribution in [0, 0.1) is 0 Å². The molecule has 24 heavy (non-hydrogen) atoms. The van der Waals surface area contributed by atoms with E-state index in [1.165, 1.54) is 6.20 Å². The number of nitrogens with zero attached hydrogens (tertiary/aromatic N) is 2. The topological polar surface area (TPSA) is 71.9 Å². The summed E-state index contributed by atoms with van der Waals surface area (Å²) in [5, 5.41) is 11.2. The number of esters is 1. The van der Waals surface area contributed by atoms with Gasteiger partial charge in [0.2, 0.25) is 5.60 Å². The molecular weight excluding hydrogens is 308 g/mol. The maximum Gasteiger partial charge on any atom is 0.347 e. The number of hydrogen-bond acceptors (Lipinski definition) is 6. The van der Waals surface area contributed by atoms with Crippen LogP contribution in [0.3, 0.4) is 0 Å². The summed E-state index contributed by atoms with van der Waals surface area (Å²) in [6, 6.07) is 9.95. The smallest absolute Gasteiger partial charge is 0.347 e. The molecule has 2 aromatic rings. The Hall–Kier alpha value is -2.44. The second kappa shape index (κ2) is 7.90. The molecule has 1 unspecified atom stereocenters. The maximum absolute atomic E-state index is 12.7. The van der Waals surface area contributed by atoms with Crippen molar-refractivity contribution < 1.29 is 19.4 Å². The van der Waals surface area contributed by atoms with Gasteiger partial charge in [-0.1, -0.05) is 18.2 Å². The molecule has 1 heterocycles. The second-order valence-electron chi connectivity index (χ2n) is 5.62. The van der Waals surface area contributed by atoms with Gasteiger partial charge in [0.05, 0.1) is 7.11 Å². The van der Waals surface area contributed by atoms with Crippen molar-refractivity contribution in [1.82, 2.24) is 9.88 Å². The first-order valence-electron chi connectivity index (χ1n) is 7.58. The van der Waals surface area contributed by atoms with Crippen LogP contribution in [0.4, 0.5) is 0 Å². The monoisotopic (exact) mass is 330 g/mol. The Bertz CT molecular complexity index is 658. The molecule has 0 fully saturated rings. The zero-order valence-electron chi connectivity index (χ0n) is 14.1. The van der Waals surface area contributed by atoms with E-state index in [-0.39, 0.29) is 6.61 Å². The van der Waals surface area contributed by atoms with Gasteiger partial charge in [0, 0.05) is 24.5 Å². The highest BCUT2D eigenvalue weighted by atomic mass is 16.5. The number of aromatic nitrogens is 1. The van der Waals surface area contributed by atoms with Crippen LogP contribution in [-0.4, -0.2) is 55.3 Å². The Morgan fingerprint density at radius 1 is 1.21 bits per heavy atom. The highest BCUT2D eigenvalue weighted by molar-refractivity contribution is 5.85. The van der Waals surface area contributed by atoms with Gasteiger partial charge in [0.25, 0.3) is 0 Å². The highest BCUT2D eigenvalue weighted by Crippen LogP contribution is 2.31. The Labute approximate surface area is 141 Å². The molecule has 0 amide bonds. The summed E-state index contributed by atoms with van der Waals surface area (Å²) in [7, 11) is 5.31. The van der Waals surface area contributed by atoms with Crippen LogP contribution < -0.4 is 4.74 Å². The van der Waals surface area contributed by atoms with E-state index in [1.807, 2.05) is 19.0 Å². The lowest BCUT2D eigenvalue weighted by atomic mass is 9.87. The van der Waals surface area contributed by atoms with Crippen LogP contribution >= 0.6 is 0 Å². The van der Waals surface area contributed by atoms with Gasteiger partial charge in [-0.15, -0.1) is 0 Å². The standard InChI is InChI=1S/C18H22N2O4/c1-20(2)11-12-24-17(21)18(22,15-5-4-10-19-13-15)14-6-8-16(23-3)9-7-14/h4-10,13,22H,11-12H2,1-3H3. The third kappa shape index (κ3) is 3.90. The number of pyridine rings is 1. The van der Waals surface area contributed by atoms with Crippen molar-refractivity contribution in [3.8, 4) is 5.75 Å². The SMILES string of the molecule is COc1ccc(C(O)(C(=O)OCCN(C)C)c2cccnc2)cc1. The van der Waals surface area contributed by atoms with Crippen molar-refractivity contribution >= 4 is 5.97 Å². The minimum absolute atomic E-state index is 0.185. The van der Waals surface area contributed by atoms with Crippen molar-refractivity contribution in [2.45, 2.75) is 5.60 Å². The number of benzene rings is 1. The van der Waals surface area contributed by atoms with Crippen LogP contribution in [-0.2, 0) is 15.1 Å². The van der Waals surface area contributed by atoms with E-state index in [2.05, 4.69) is 4.98 Å². The molecule has 1 atom stereocenters. The van der Waals surface area contributed by atoms with Crippen LogP contribution in [0.15, 0.2) is 48.8 Å². The summed E-state index contributed by atoms with van der Waals surface area (Å²) >= 11 is 0. The average Bonchev–Trinajstić information content (AvgIpc) is 2.61. The number of methoxy groups -OCH3 is 1. The first-order chi connectivity index (χ1) is 11.5. The van der Waals surface area contributed by atoms with E-state index in [0.29, 0.717) is 23.4 Å². The van der Waals surface area contributed by atoms with E-state index in [1.54, 1.807) is 49.7 Å². The average molecular weight is 330 g/mol. The molecule has 2 rings (SSSR count). The number of rotatable bonds is 7. The first kappa shape index (κ1) is 17.9. The fourth-order valence-corrected chi connectivity index (χ4v) is 2.24. The molecule has 1 N–H and O–H groups in total. The Morgan fingerprint density at radius 2 is 1.92 bits per heavy atom. The normalized spacial score (nSPS) is 13.4. The van der Waals surface area contributed by atoms with Gasteiger partial charge >= 0.3 is 5.97 Å². The Kier molecular flexibility index (Phi) is 5.89. The quantitative estimate of drug-likeness (QED) is 0.775. The third-order valence-corrected chi connectivity index (χ3v) is 3.65. The van der Waals surface area contributed by atoms with Crippen LogP contribution in [0.5, 0.6) is 5.75 Å². The van der Waals surface area contributed by atoms with Crippen LogP contribution in [0.25, 0.3) is 0 Å². The van der Waals surface area contributed by atoms with Gasteiger partial charge < -0.3 is 19.5 Å². The van der Waals surface area contributed by atoms with Gasteiger partial charge in [0.15, 0.2) is 0 Å². The summed E-state index contributed by atoms with van der Waals surface area (Å²) in [4.78, 5) is 18.5. The first-order valence-corrected chi connectivity index (χ1v) is 7.58. The molecule has 0 aliphatic rings. The van der Waals surface area contributed by atoms with E-state index < -0.39 is 11.6 Å². The number of carbonyl (C=O) groups is 1. The minimum atomic E-state index is -1.92. The van der Waals surface area contributed by atoms with E-state index >= 15 is 0 Å². The molecule has 0 saturated carbocycles. The van der Waals surface area contributed by atoms with Crippen LogP contribution in [0.2, 0.25) is 0 Å². The summed E-state index contributed by atoms with van der Waals surface area (Å²) in [5.74, 6) is -0.101. The second-order valence-corrected chi connectivity index (χ2v) is 5.62. The predicted molar refractivity (Wildman–Crippen MR) is 89.7 cm³/mol. The number of hydrogen-bond donors (Lipinski definition) is 1. The molecule has 0 saturated heterocycles. The molecule has 6 nitrogen and oxygen atoms in total. The molecule has 1 aromatic heterocycles. The number of aliphatic hydroxyl groups is 1. The zero-order valence-corrected chi connectivity index (χ0v) is 14.1. The van der Waals surface area contributed by atoms with Crippen molar-refractivity contribution in [2.24, 2.45) is 0 Å². The van der Waals surface area contributed by atoms with Gasteiger partial charge in [-0.3, -0.25) is 4.98 Å². The van der Waals surface area contributed by atoms with Crippen molar-refractivity contribution in [2.75, 3.05) is 34.4 Å². The fourth-order valence-electron chi connectivity index (χ4n) is 2.24. The lowest BCUT2D eigenvalue weighted by Crippen LogP contribution is -2.39. The fraction of sp³-hybridized carbons (Fsp3) is 0.333. The van der Waals surface area contributed by atoms with Gasteiger partial charge in [0.1, 0.15) is 12.4 Å². The largest absolute Gasteiger partial charge is 0.497 e. The summed E-state index contributed by atoms with van der Waals surface area (Å²) < 4.78 is 10.4. The summed E-state index contributed by atoms with van der Waals surface area (Å²) in [5.41, 5.74) is -1.18. The molecule has 6 heteroatoms. The van der Waals surface area contributed by atoms with Gasteiger partial charge in [-0.2, -0.15) is 0 Å². The highest BCUT2D eigenvalue weighted by Gasteiger charge is 2.42. The Balaban J connectivity index is 2.35. The van der Waals surface area contributed by atoms with E-state index in [9.17, 15) is 9.90 Å². The Morgan fingerprint density at radius 3 is 2.46 bits per heavy atom. The maximum atomic E-state index is 12.7. The molecule has 0 radical (unpaired) electrons. The molecule has 1 aromatic carbocycles. The molecule has 0 aliphatic heterocycles. The van der Waals surface area contributed by atoms with Gasteiger partial charge in [-0.05, 0) is 37.9 Å². The molecule has 128 valence electrons. The lowest BCUT2D eigenvalue weighted by Gasteiger charge is -2.27. The summed E-state index contributed by atoms with van der Waals surface area (Å²) in [6.45, 7) is 0.752. The van der Waals surface area contributed by atoms with Crippen LogP contribution in [0.1, 0.15) is 11.1 Å². The number of likely N-dealkylation sites (N-methyl/N-ethyl adjacent to an activating group) is 1. The van der Waals surface area contributed by atoms with E-state index in [0.717, 1.165) is 0 Å².